The zero-order valence-corrected chi connectivity index (χ0v) is 12.4. The molecule has 21 heavy (non-hydrogen) atoms. The van der Waals surface area contributed by atoms with Gasteiger partial charge in [-0.25, -0.2) is 0 Å². The minimum atomic E-state index is -2.81. The van der Waals surface area contributed by atoms with Gasteiger partial charge in [-0.05, 0) is 19.9 Å². The maximum atomic E-state index is 12.3. The molecular weight excluding hydrogens is 276 g/mol. The van der Waals surface area contributed by atoms with Crippen LogP contribution in [0.15, 0.2) is 24.3 Å². The molecule has 0 atom stereocenters. The lowest BCUT2D eigenvalue weighted by atomic mass is 10.1. The van der Waals surface area contributed by atoms with Gasteiger partial charge in [-0.1, -0.05) is 18.2 Å². The summed E-state index contributed by atoms with van der Waals surface area (Å²) in [6, 6.07) is 6.80. The summed E-state index contributed by atoms with van der Waals surface area (Å²) >= 11 is 0. The van der Waals surface area contributed by atoms with Crippen molar-refractivity contribution in [3.8, 4) is 5.75 Å². The predicted molar refractivity (Wildman–Crippen MR) is 76.3 cm³/mol. The SMILES string of the molecule is Cc1nn(C)c(C)c1CNCc1ccccc1OC(F)F. The molecule has 6 heteroatoms. The van der Waals surface area contributed by atoms with Crippen LogP contribution in [0.1, 0.15) is 22.5 Å². The number of rotatable bonds is 6. The van der Waals surface area contributed by atoms with Gasteiger partial charge in [-0.3, -0.25) is 4.68 Å². The van der Waals surface area contributed by atoms with Gasteiger partial charge in [0.1, 0.15) is 5.75 Å². The Bertz CT molecular complexity index is 611. The van der Waals surface area contributed by atoms with E-state index in [1.807, 2.05) is 25.6 Å². The van der Waals surface area contributed by atoms with Gasteiger partial charge in [0.2, 0.25) is 0 Å². The van der Waals surface area contributed by atoms with Crippen molar-refractivity contribution in [2.24, 2.45) is 7.05 Å². The highest BCUT2D eigenvalue weighted by molar-refractivity contribution is 5.33. The van der Waals surface area contributed by atoms with Crippen LogP contribution in [0.5, 0.6) is 5.75 Å². The van der Waals surface area contributed by atoms with Crippen LogP contribution in [-0.2, 0) is 20.1 Å². The first kappa shape index (κ1) is 15.4. The van der Waals surface area contributed by atoms with E-state index in [2.05, 4.69) is 15.2 Å². The topological polar surface area (TPSA) is 39.1 Å². The zero-order valence-electron chi connectivity index (χ0n) is 12.4. The molecule has 4 nitrogen and oxygen atoms in total. The van der Waals surface area contributed by atoms with Gasteiger partial charge < -0.3 is 10.1 Å². The van der Waals surface area contributed by atoms with Gasteiger partial charge in [0.15, 0.2) is 0 Å². The molecule has 0 fully saturated rings. The largest absolute Gasteiger partial charge is 0.434 e. The number of alkyl halides is 2. The lowest BCUT2D eigenvalue weighted by molar-refractivity contribution is -0.0505. The fourth-order valence-electron chi connectivity index (χ4n) is 2.26. The van der Waals surface area contributed by atoms with Crippen molar-refractivity contribution in [1.29, 1.82) is 0 Å². The van der Waals surface area contributed by atoms with E-state index in [1.54, 1.807) is 24.3 Å². The molecule has 1 N–H and O–H groups in total. The minimum absolute atomic E-state index is 0.208. The Morgan fingerprint density at radius 1 is 1.24 bits per heavy atom. The Hall–Kier alpha value is -1.95. The van der Waals surface area contributed by atoms with E-state index in [-0.39, 0.29) is 5.75 Å². The molecule has 2 rings (SSSR count). The molecule has 1 aromatic heterocycles. The number of aryl methyl sites for hydroxylation is 2. The van der Waals surface area contributed by atoms with Crippen LogP contribution in [-0.4, -0.2) is 16.4 Å². The van der Waals surface area contributed by atoms with Crippen LogP contribution < -0.4 is 10.1 Å². The van der Waals surface area contributed by atoms with Gasteiger partial charge in [0.05, 0.1) is 5.69 Å². The van der Waals surface area contributed by atoms with Gasteiger partial charge in [0.25, 0.3) is 0 Å². The maximum Gasteiger partial charge on any atom is 0.387 e. The standard InChI is InChI=1S/C15H19F2N3O/c1-10-13(11(2)20(3)19-10)9-18-8-12-6-4-5-7-14(12)21-15(16)17/h4-7,15,18H,8-9H2,1-3H3. The van der Waals surface area contributed by atoms with Crippen molar-refractivity contribution in [1.82, 2.24) is 15.1 Å². The summed E-state index contributed by atoms with van der Waals surface area (Å²) in [5, 5.41) is 7.59. The number of aromatic nitrogens is 2. The first-order valence-corrected chi connectivity index (χ1v) is 6.71. The maximum absolute atomic E-state index is 12.3. The third kappa shape index (κ3) is 3.78. The Kier molecular flexibility index (Phi) is 4.90. The van der Waals surface area contributed by atoms with E-state index < -0.39 is 6.61 Å². The predicted octanol–water partition coefficient (Wildman–Crippen LogP) is 2.93. The van der Waals surface area contributed by atoms with Crippen molar-refractivity contribution < 1.29 is 13.5 Å². The summed E-state index contributed by atoms with van der Waals surface area (Å²) in [5.74, 6) is 0.208. The molecule has 0 radical (unpaired) electrons. The Balaban J connectivity index is 2.00. The first-order valence-electron chi connectivity index (χ1n) is 6.71. The smallest absolute Gasteiger partial charge is 0.387 e. The molecule has 114 valence electrons. The number of ether oxygens (including phenoxy) is 1. The van der Waals surface area contributed by atoms with Gasteiger partial charge in [-0.2, -0.15) is 13.9 Å². The average molecular weight is 295 g/mol. The second kappa shape index (κ2) is 6.67. The highest BCUT2D eigenvalue weighted by Crippen LogP contribution is 2.20. The van der Waals surface area contributed by atoms with Crippen molar-refractivity contribution >= 4 is 0 Å². The Labute approximate surface area is 122 Å². The van der Waals surface area contributed by atoms with Gasteiger partial charge in [-0.15, -0.1) is 0 Å². The summed E-state index contributed by atoms with van der Waals surface area (Å²) in [7, 11) is 1.90. The fourth-order valence-corrected chi connectivity index (χ4v) is 2.26. The number of hydrogen-bond donors (Lipinski definition) is 1. The number of halogens is 2. The van der Waals surface area contributed by atoms with Crippen LogP contribution in [0.4, 0.5) is 8.78 Å². The van der Waals surface area contributed by atoms with Crippen molar-refractivity contribution in [2.45, 2.75) is 33.5 Å². The number of nitrogens with zero attached hydrogens (tertiary/aromatic N) is 2. The van der Waals surface area contributed by atoms with Gasteiger partial charge >= 0.3 is 6.61 Å². The van der Waals surface area contributed by atoms with Crippen molar-refractivity contribution in [2.75, 3.05) is 0 Å². The summed E-state index contributed by atoms with van der Waals surface area (Å²) in [5.41, 5.74) is 3.90. The normalized spacial score (nSPS) is 11.1. The number of para-hydroxylation sites is 1. The number of hydrogen-bond acceptors (Lipinski definition) is 3. The van der Waals surface area contributed by atoms with Crippen LogP contribution in [0, 0.1) is 13.8 Å². The summed E-state index contributed by atoms with van der Waals surface area (Å²) in [6.45, 7) is 2.24. The summed E-state index contributed by atoms with van der Waals surface area (Å²) in [6.07, 6.45) is 0. The number of benzene rings is 1. The molecule has 0 aliphatic carbocycles. The van der Waals surface area contributed by atoms with Crippen molar-refractivity contribution in [3.05, 3.63) is 46.8 Å². The molecule has 0 bridgehead atoms. The lowest BCUT2D eigenvalue weighted by Crippen LogP contribution is -2.15. The molecule has 2 aromatic rings. The highest BCUT2D eigenvalue weighted by Gasteiger charge is 2.11. The molecule has 1 aromatic carbocycles. The molecule has 0 amide bonds. The lowest BCUT2D eigenvalue weighted by Gasteiger charge is -2.11. The van der Waals surface area contributed by atoms with Gasteiger partial charge in [0, 0.05) is 37.0 Å². The second-order valence-electron chi connectivity index (χ2n) is 4.86. The molecule has 1 heterocycles. The Morgan fingerprint density at radius 2 is 1.95 bits per heavy atom. The van der Waals surface area contributed by atoms with E-state index >= 15 is 0 Å². The van der Waals surface area contributed by atoms with Crippen LogP contribution in [0.3, 0.4) is 0 Å². The molecule has 0 unspecified atom stereocenters. The van der Waals surface area contributed by atoms with E-state index in [0.717, 1.165) is 17.0 Å². The summed E-state index contributed by atoms with van der Waals surface area (Å²) in [4.78, 5) is 0. The molecule has 0 saturated heterocycles. The highest BCUT2D eigenvalue weighted by atomic mass is 19.3. The van der Waals surface area contributed by atoms with Crippen LogP contribution in [0.25, 0.3) is 0 Å². The molecule has 0 aliphatic rings. The van der Waals surface area contributed by atoms with E-state index in [1.165, 1.54) is 0 Å². The van der Waals surface area contributed by atoms with Crippen molar-refractivity contribution in [3.63, 3.8) is 0 Å². The van der Waals surface area contributed by atoms with Crippen LogP contribution >= 0.6 is 0 Å². The van der Waals surface area contributed by atoms with Crippen LogP contribution in [0.2, 0.25) is 0 Å². The zero-order chi connectivity index (χ0) is 15.4. The summed E-state index contributed by atoms with van der Waals surface area (Å²) < 4.78 is 31.0. The molecule has 0 aliphatic heterocycles. The third-order valence-electron chi connectivity index (χ3n) is 3.46. The Morgan fingerprint density at radius 3 is 2.57 bits per heavy atom. The minimum Gasteiger partial charge on any atom is -0.434 e. The number of nitrogens with one attached hydrogen (secondary N) is 1. The van der Waals surface area contributed by atoms with E-state index in [0.29, 0.717) is 18.7 Å². The first-order chi connectivity index (χ1) is 9.99. The quantitative estimate of drug-likeness (QED) is 0.890. The average Bonchev–Trinajstić information content (AvgIpc) is 2.66. The fraction of sp³-hybridized carbons (Fsp3) is 0.400. The third-order valence-corrected chi connectivity index (χ3v) is 3.46. The molecular formula is C15H19F2N3O. The molecule has 0 saturated carbocycles. The second-order valence-corrected chi connectivity index (χ2v) is 4.86. The van der Waals surface area contributed by atoms with E-state index in [9.17, 15) is 8.78 Å². The molecule has 0 spiro atoms. The van der Waals surface area contributed by atoms with E-state index in [4.69, 9.17) is 0 Å². The monoisotopic (exact) mass is 295 g/mol.